The Kier molecular flexibility index (Phi) is 6.24. The number of anilines is 2. The van der Waals surface area contributed by atoms with E-state index >= 15 is 0 Å². The average Bonchev–Trinajstić information content (AvgIpc) is 2.54. The maximum Gasteiger partial charge on any atom is 0.323 e. The summed E-state index contributed by atoms with van der Waals surface area (Å²) in [4.78, 5) is 15.5. The Morgan fingerprint density at radius 3 is 2.71 bits per heavy atom. The van der Waals surface area contributed by atoms with Crippen LogP contribution in [0, 0.1) is 0 Å². The third kappa shape index (κ3) is 4.88. The van der Waals surface area contributed by atoms with E-state index in [1.54, 1.807) is 0 Å². The molecule has 1 saturated heterocycles. The van der Waals surface area contributed by atoms with E-state index in [1.165, 1.54) is 19.3 Å². The highest BCUT2D eigenvalue weighted by Gasteiger charge is 2.16. The Morgan fingerprint density at radius 2 is 2.00 bits per heavy atom. The highest BCUT2D eigenvalue weighted by atomic mass is 16.5. The van der Waals surface area contributed by atoms with Crippen LogP contribution in [0.2, 0.25) is 0 Å². The van der Waals surface area contributed by atoms with E-state index in [-0.39, 0.29) is 0 Å². The van der Waals surface area contributed by atoms with Crippen LogP contribution in [-0.2, 0) is 0 Å². The predicted octanol–water partition coefficient (Wildman–Crippen LogP) is 2.64. The lowest BCUT2D eigenvalue weighted by molar-refractivity contribution is 0.331. The molecule has 0 atom stereocenters. The van der Waals surface area contributed by atoms with Gasteiger partial charge < -0.3 is 15.0 Å². The number of ether oxygens (including phenoxy) is 1. The molecule has 116 valence electrons. The first-order valence-corrected chi connectivity index (χ1v) is 7.82. The van der Waals surface area contributed by atoms with Crippen molar-refractivity contribution in [3.8, 4) is 6.01 Å². The molecular weight excluding hydrogens is 266 g/mol. The van der Waals surface area contributed by atoms with Crippen LogP contribution in [0.5, 0.6) is 6.01 Å². The van der Waals surface area contributed by atoms with Gasteiger partial charge in [-0.3, -0.25) is 0 Å². The van der Waals surface area contributed by atoms with E-state index in [1.807, 2.05) is 19.1 Å². The molecule has 1 aliphatic heterocycles. The number of nitrogens with one attached hydrogen (secondary N) is 1. The van der Waals surface area contributed by atoms with E-state index in [4.69, 9.17) is 4.74 Å². The van der Waals surface area contributed by atoms with Crippen molar-refractivity contribution in [2.45, 2.75) is 39.5 Å². The van der Waals surface area contributed by atoms with Gasteiger partial charge >= 0.3 is 6.01 Å². The smallest absolute Gasteiger partial charge is 0.323 e. The monoisotopic (exact) mass is 291 g/mol. The van der Waals surface area contributed by atoms with Gasteiger partial charge in [0.2, 0.25) is 11.9 Å². The number of hydrogen-bond donors (Lipinski definition) is 1. The van der Waals surface area contributed by atoms with Crippen molar-refractivity contribution in [2.75, 3.05) is 36.5 Å². The summed E-state index contributed by atoms with van der Waals surface area (Å²) in [6.07, 6.45) is 8.58. The highest BCUT2D eigenvalue weighted by Crippen LogP contribution is 2.19. The normalized spacial score (nSPS) is 15.4. The van der Waals surface area contributed by atoms with Gasteiger partial charge in [0.25, 0.3) is 0 Å². The standard InChI is InChI=1S/C15H25N5O/c1-3-5-12-21-15-18-13(16-9-4-2)17-14(19-15)20-10-7-6-8-11-20/h3,5H,4,6-12H2,1-2H3,(H,16,17,18,19)/b5-3+. The molecule has 6 heteroatoms. The summed E-state index contributed by atoms with van der Waals surface area (Å²) in [7, 11) is 0. The number of allylic oxidation sites excluding steroid dienone is 1. The van der Waals surface area contributed by atoms with Gasteiger partial charge in [-0.2, -0.15) is 15.0 Å². The molecule has 0 aliphatic carbocycles. The van der Waals surface area contributed by atoms with E-state index in [2.05, 4.69) is 32.1 Å². The quantitative estimate of drug-likeness (QED) is 0.779. The molecule has 2 rings (SSSR count). The second-order valence-electron chi connectivity index (χ2n) is 5.10. The van der Waals surface area contributed by atoms with Crippen LogP contribution >= 0.6 is 0 Å². The fourth-order valence-electron chi connectivity index (χ4n) is 2.18. The molecule has 1 aromatic heterocycles. The lowest BCUT2D eigenvalue weighted by atomic mass is 10.1. The van der Waals surface area contributed by atoms with Crippen LogP contribution in [0.3, 0.4) is 0 Å². The Labute approximate surface area is 126 Å². The number of hydrogen-bond acceptors (Lipinski definition) is 6. The minimum Gasteiger partial charge on any atom is -0.459 e. The first-order valence-electron chi connectivity index (χ1n) is 7.82. The first-order chi connectivity index (χ1) is 10.3. The third-order valence-electron chi connectivity index (χ3n) is 3.32. The second-order valence-corrected chi connectivity index (χ2v) is 5.10. The average molecular weight is 291 g/mol. The molecule has 1 aromatic rings. The zero-order valence-corrected chi connectivity index (χ0v) is 13.0. The van der Waals surface area contributed by atoms with Crippen molar-refractivity contribution in [2.24, 2.45) is 0 Å². The van der Waals surface area contributed by atoms with Gasteiger partial charge in [0.15, 0.2) is 0 Å². The minimum atomic E-state index is 0.391. The lowest BCUT2D eigenvalue weighted by Crippen LogP contribution is -2.31. The molecule has 0 unspecified atom stereocenters. The number of piperidine rings is 1. The summed E-state index contributed by atoms with van der Waals surface area (Å²) in [5.41, 5.74) is 0. The van der Waals surface area contributed by atoms with Gasteiger partial charge in [-0.15, -0.1) is 0 Å². The molecule has 0 bridgehead atoms. The Morgan fingerprint density at radius 1 is 1.19 bits per heavy atom. The third-order valence-corrected chi connectivity index (χ3v) is 3.32. The van der Waals surface area contributed by atoms with Crippen molar-refractivity contribution in [1.82, 2.24) is 15.0 Å². The summed E-state index contributed by atoms with van der Waals surface area (Å²) in [5, 5.41) is 3.22. The molecule has 2 heterocycles. The molecule has 0 saturated carbocycles. The summed E-state index contributed by atoms with van der Waals surface area (Å²) in [6.45, 7) is 7.41. The lowest BCUT2D eigenvalue weighted by Gasteiger charge is -2.26. The molecule has 0 amide bonds. The zero-order valence-electron chi connectivity index (χ0n) is 13.0. The van der Waals surface area contributed by atoms with Crippen LogP contribution in [0.25, 0.3) is 0 Å². The van der Waals surface area contributed by atoms with Crippen LogP contribution in [0.15, 0.2) is 12.2 Å². The van der Waals surface area contributed by atoms with Gasteiger partial charge in [-0.25, -0.2) is 0 Å². The predicted molar refractivity (Wildman–Crippen MR) is 85.0 cm³/mol. The topological polar surface area (TPSA) is 63.2 Å². The Bertz CT molecular complexity index is 457. The highest BCUT2D eigenvalue weighted by molar-refractivity contribution is 5.38. The number of rotatable bonds is 7. The summed E-state index contributed by atoms with van der Waals surface area (Å²) < 4.78 is 5.58. The van der Waals surface area contributed by atoms with Crippen molar-refractivity contribution in [3.63, 3.8) is 0 Å². The molecule has 21 heavy (non-hydrogen) atoms. The van der Waals surface area contributed by atoms with Gasteiger partial charge in [0.1, 0.15) is 6.61 Å². The van der Waals surface area contributed by atoms with Crippen LogP contribution in [0.1, 0.15) is 39.5 Å². The Hall–Kier alpha value is -1.85. The molecule has 1 fully saturated rings. The maximum absolute atomic E-state index is 5.58. The molecule has 1 aliphatic rings. The molecule has 0 spiro atoms. The molecule has 1 N–H and O–H groups in total. The largest absolute Gasteiger partial charge is 0.459 e. The van der Waals surface area contributed by atoms with Crippen molar-refractivity contribution in [3.05, 3.63) is 12.2 Å². The number of nitrogens with zero attached hydrogens (tertiary/aromatic N) is 4. The van der Waals surface area contributed by atoms with Gasteiger partial charge in [-0.1, -0.05) is 19.1 Å². The van der Waals surface area contributed by atoms with E-state index in [0.717, 1.165) is 32.0 Å². The van der Waals surface area contributed by atoms with Crippen molar-refractivity contribution >= 4 is 11.9 Å². The van der Waals surface area contributed by atoms with Crippen LogP contribution in [-0.4, -0.2) is 41.2 Å². The van der Waals surface area contributed by atoms with Gasteiger partial charge in [0.05, 0.1) is 0 Å². The summed E-state index contributed by atoms with van der Waals surface area (Å²) in [6, 6.07) is 0.391. The fraction of sp³-hybridized carbons (Fsp3) is 0.667. The summed E-state index contributed by atoms with van der Waals surface area (Å²) in [5.74, 6) is 1.32. The fourth-order valence-corrected chi connectivity index (χ4v) is 2.18. The van der Waals surface area contributed by atoms with Crippen molar-refractivity contribution in [1.29, 1.82) is 0 Å². The van der Waals surface area contributed by atoms with Crippen LogP contribution < -0.4 is 15.0 Å². The van der Waals surface area contributed by atoms with Gasteiger partial charge in [-0.05, 0) is 32.6 Å². The van der Waals surface area contributed by atoms with Gasteiger partial charge in [0, 0.05) is 19.6 Å². The zero-order chi connectivity index (χ0) is 14.9. The maximum atomic E-state index is 5.58. The molecule has 0 radical (unpaired) electrons. The second kappa shape index (κ2) is 8.44. The Balaban J connectivity index is 2.14. The minimum absolute atomic E-state index is 0.391. The molecule has 0 aromatic carbocycles. The molecular formula is C15H25N5O. The van der Waals surface area contributed by atoms with E-state index in [9.17, 15) is 0 Å². The molecule has 6 nitrogen and oxygen atoms in total. The SMILES string of the molecule is C/C=C/COc1nc(NCCC)nc(N2CCCCC2)n1. The van der Waals surface area contributed by atoms with E-state index in [0.29, 0.717) is 18.6 Å². The first kappa shape index (κ1) is 15.5. The van der Waals surface area contributed by atoms with Crippen LogP contribution in [0.4, 0.5) is 11.9 Å². The summed E-state index contributed by atoms with van der Waals surface area (Å²) >= 11 is 0. The van der Waals surface area contributed by atoms with E-state index < -0.39 is 0 Å². The van der Waals surface area contributed by atoms with Crippen molar-refractivity contribution < 1.29 is 4.74 Å². The number of aromatic nitrogens is 3.